The van der Waals surface area contributed by atoms with Crippen LogP contribution in [0.5, 0.6) is 0 Å². The van der Waals surface area contributed by atoms with Crippen molar-refractivity contribution in [1.29, 1.82) is 0 Å². The average molecular weight is 629 g/mol. The van der Waals surface area contributed by atoms with Gasteiger partial charge in [-0.2, -0.15) is 13.2 Å². The molecule has 4 rings (SSSR count). The van der Waals surface area contributed by atoms with Crippen molar-refractivity contribution in [3.63, 3.8) is 0 Å². The normalized spacial score (nSPS) is 20.9. The molecule has 5 N–H and O–H groups in total. The number of alkyl halides is 3. The third-order valence-electron chi connectivity index (χ3n) is 7.83. The second kappa shape index (κ2) is 15.6. The Balaban J connectivity index is 1.32. The van der Waals surface area contributed by atoms with E-state index in [2.05, 4.69) is 10.6 Å². The van der Waals surface area contributed by atoms with Crippen LogP contribution in [0.15, 0.2) is 42.5 Å². The summed E-state index contributed by atoms with van der Waals surface area (Å²) in [4.78, 5) is 24.9. The minimum absolute atomic E-state index is 0.0430. The Morgan fingerprint density at radius 1 is 1.09 bits per heavy atom. The van der Waals surface area contributed by atoms with Crippen LogP contribution in [0.1, 0.15) is 36.3 Å². The molecule has 2 aliphatic rings. The van der Waals surface area contributed by atoms with Crippen molar-refractivity contribution in [1.82, 2.24) is 10.6 Å². The summed E-state index contributed by atoms with van der Waals surface area (Å²) in [6.45, 7) is -0.139. The second-order valence-electron chi connectivity index (χ2n) is 11.0. The summed E-state index contributed by atoms with van der Waals surface area (Å²) >= 11 is 0. The Morgan fingerprint density at radius 3 is 2.48 bits per heavy atom. The van der Waals surface area contributed by atoms with Gasteiger partial charge in [0.05, 0.1) is 24.8 Å². The third-order valence-corrected chi connectivity index (χ3v) is 7.83. The third kappa shape index (κ3) is 9.84. The summed E-state index contributed by atoms with van der Waals surface area (Å²) in [5.74, 6) is -1.74. The summed E-state index contributed by atoms with van der Waals surface area (Å²) in [5, 5.41) is 7.54. The minimum Gasteiger partial charge on any atom is -0.448 e. The predicted molar refractivity (Wildman–Crippen MR) is 151 cm³/mol. The molecule has 0 saturated carbocycles. The zero-order valence-corrected chi connectivity index (χ0v) is 24.0. The van der Waals surface area contributed by atoms with E-state index in [9.17, 15) is 31.5 Å². The molecule has 44 heavy (non-hydrogen) atoms. The van der Waals surface area contributed by atoms with Crippen molar-refractivity contribution < 1.29 is 45.8 Å². The summed E-state index contributed by atoms with van der Waals surface area (Å²) in [5.41, 5.74) is 7.84. The lowest BCUT2D eigenvalue weighted by molar-refractivity contribution is -0.124. The van der Waals surface area contributed by atoms with Crippen LogP contribution in [0.3, 0.4) is 0 Å². The molecule has 4 atom stereocenters. The number of carbonyl (C=O) groups excluding carboxylic acids is 2. The highest BCUT2D eigenvalue weighted by Crippen LogP contribution is 2.35. The fourth-order valence-corrected chi connectivity index (χ4v) is 5.51. The minimum atomic E-state index is -4.54. The number of nitrogens with one attached hydrogen (secondary N) is 3. The van der Waals surface area contributed by atoms with E-state index in [4.69, 9.17) is 19.9 Å². The van der Waals surface area contributed by atoms with E-state index < -0.39 is 54.4 Å². The highest BCUT2D eigenvalue weighted by molar-refractivity contribution is 5.96. The van der Waals surface area contributed by atoms with Crippen LogP contribution in [-0.2, 0) is 25.4 Å². The van der Waals surface area contributed by atoms with Crippen LogP contribution in [0.2, 0.25) is 0 Å². The molecule has 2 saturated heterocycles. The largest absolute Gasteiger partial charge is 0.448 e. The van der Waals surface area contributed by atoms with Gasteiger partial charge in [-0.15, -0.1) is 0 Å². The van der Waals surface area contributed by atoms with Gasteiger partial charge in [0.15, 0.2) is 0 Å². The number of benzene rings is 2. The van der Waals surface area contributed by atoms with E-state index in [1.807, 2.05) is 0 Å². The van der Waals surface area contributed by atoms with E-state index in [1.54, 1.807) is 23.5 Å². The SMILES string of the molecule is N[C@H](C(=O)Nc1cccc(F)c1CC[C@@H]1CN[C@H](COC(=O)NCC(F)(F)F)CO1)[C@@H](c1ccc(F)cc1)C1CCOCC1. The van der Waals surface area contributed by atoms with Crippen molar-refractivity contribution in [2.24, 2.45) is 11.7 Å². The van der Waals surface area contributed by atoms with Gasteiger partial charge in [0.2, 0.25) is 5.91 Å². The monoisotopic (exact) mass is 628 g/mol. The number of hydrogen-bond donors (Lipinski definition) is 4. The lowest BCUT2D eigenvalue weighted by Gasteiger charge is -2.34. The van der Waals surface area contributed by atoms with Gasteiger partial charge in [-0.3, -0.25) is 4.79 Å². The molecule has 2 heterocycles. The molecule has 0 unspecified atom stereocenters. The lowest BCUT2D eigenvalue weighted by Crippen LogP contribution is -2.49. The smallest absolute Gasteiger partial charge is 0.407 e. The van der Waals surface area contributed by atoms with Crippen LogP contribution in [0.4, 0.5) is 32.4 Å². The standard InChI is InChI=1S/C30H37F5N4O5/c31-20-6-4-18(5-7-20)26(19-10-12-42-13-11-19)27(36)28(40)39-25-3-1-2-24(32)23(25)9-8-22-14-37-21(15-43-22)16-44-29(41)38-17-30(33,34)35/h1-7,19,21-22,26-27,37H,8-17,36H2,(H,38,41)(H,39,40)/t21-,22+,26-,27-/m0/s1. The molecule has 0 aliphatic carbocycles. The molecule has 2 aliphatic heterocycles. The molecular formula is C30H37F5N4O5. The number of hydrogen-bond acceptors (Lipinski definition) is 7. The van der Waals surface area contributed by atoms with Gasteiger partial charge < -0.3 is 35.9 Å². The fourth-order valence-electron chi connectivity index (χ4n) is 5.51. The quantitative estimate of drug-likeness (QED) is 0.277. The van der Waals surface area contributed by atoms with Crippen molar-refractivity contribution in [2.75, 3.05) is 44.8 Å². The van der Waals surface area contributed by atoms with Gasteiger partial charge in [-0.25, -0.2) is 13.6 Å². The first-order valence-corrected chi connectivity index (χ1v) is 14.5. The summed E-state index contributed by atoms with van der Waals surface area (Å²) < 4.78 is 81.3. The van der Waals surface area contributed by atoms with E-state index in [-0.39, 0.29) is 42.9 Å². The highest BCUT2D eigenvalue weighted by atomic mass is 19.4. The first kappa shape index (κ1) is 33.6. The van der Waals surface area contributed by atoms with Crippen molar-refractivity contribution in [3.8, 4) is 0 Å². The Bertz CT molecular complexity index is 1240. The predicted octanol–water partition coefficient (Wildman–Crippen LogP) is 4.02. The maximum absolute atomic E-state index is 15.0. The summed E-state index contributed by atoms with van der Waals surface area (Å²) in [7, 11) is 0. The van der Waals surface area contributed by atoms with Gasteiger partial charge in [0.1, 0.15) is 24.8 Å². The van der Waals surface area contributed by atoms with Crippen LogP contribution in [0.25, 0.3) is 0 Å². The fraction of sp³-hybridized carbons (Fsp3) is 0.533. The van der Waals surface area contributed by atoms with Crippen LogP contribution >= 0.6 is 0 Å². The Labute approximate surface area is 252 Å². The number of rotatable bonds is 11. The average Bonchev–Trinajstić information content (AvgIpc) is 3.00. The van der Waals surface area contributed by atoms with Crippen molar-refractivity contribution in [2.45, 2.75) is 56.0 Å². The van der Waals surface area contributed by atoms with Gasteiger partial charge in [-0.1, -0.05) is 18.2 Å². The summed E-state index contributed by atoms with van der Waals surface area (Å²) in [6, 6.07) is 8.92. The molecule has 242 valence electrons. The highest BCUT2D eigenvalue weighted by Gasteiger charge is 2.35. The zero-order valence-electron chi connectivity index (χ0n) is 24.0. The maximum atomic E-state index is 15.0. The molecule has 0 bridgehead atoms. The van der Waals surface area contributed by atoms with E-state index >= 15 is 0 Å². The van der Waals surface area contributed by atoms with E-state index in [0.29, 0.717) is 39.0 Å². The lowest BCUT2D eigenvalue weighted by atomic mass is 9.76. The molecular weight excluding hydrogens is 591 g/mol. The number of morpholine rings is 1. The van der Waals surface area contributed by atoms with Crippen LogP contribution in [-0.4, -0.2) is 75.9 Å². The van der Waals surface area contributed by atoms with Gasteiger partial charge >= 0.3 is 12.3 Å². The molecule has 2 aromatic rings. The number of carbonyl (C=O) groups is 2. The Kier molecular flexibility index (Phi) is 11.9. The first-order valence-electron chi connectivity index (χ1n) is 14.5. The molecule has 2 aromatic carbocycles. The second-order valence-corrected chi connectivity index (χ2v) is 11.0. The van der Waals surface area contributed by atoms with Crippen molar-refractivity contribution in [3.05, 3.63) is 65.2 Å². The van der Waals surface area contributed by atoms with E-state index in [0.717, 1.165) is 5.56 Å². The number of amides is 2. The molecule has 2 fully saturated rings. The van der Waals surface area contributed by atoms with Gasteiger partial charge in [0, 0.05) is 36.9 Å². The molecule has 2 amide bonds. The topological polar surface area (TPSA) is 124 Å². The Morgan fingerprint density at radius 2 is 1.82 bits per heavy atom. The van der Waals surface area contributed by atoms with E-state index in [1.165, 1.54) is 24.3 Å². The number of ether oxygens (including phenoxy) is 3. The molecule has 14 heteroatoms. The zero-order chi connectivity index (χ0) is 31.7. The van der Waals surface area contributed by atoms with Gasteiger partial charge in [0.25, 0.3) is 0 Å². The molecule has 0 radical (unpaired) electrons. The first-order chi connectivity index (χ1) is 21.0. The van der Waals surface area contributed by atoms with Crippen LogP contribution in [0, 0.1) is 17.6 Å². The van der Waals surface area contributed by atoms with Crippen LogP contribution < -0.4 is 21.7 Å². The molecule has 0 aromatic heterocycles. The van der Waals surface area contributed by atoms with Crippen molar-refractivity contribution >= 4 is 17.7 Å². The molecule has 9 nitrogen and oxygen atoms in total. The molecule has 0 spiro atoms. The maximum Gasteiger partial charge on any atom is 0.407 e. The number of anilines is 1. The number of nitrogens with two attached hydrogens (primary N) is 1. The number of alkyl carbamates (subject to hydrolysis) is 1. The van der Waals surface area contributed by atoms with Gasteiger partial charge in [-0.05, 0) is 61.4 Å². The Hall–Kier alpha value is -3.33. The summed E-state index contributed by atoms with van der Waals surface area (Å²) in [6.07, 6.45) is -4.04. The number of halogens is 5.